The summed E-state index contributed by atoms with van der Waals surface area (Å²) in [6.45, 7) is 0. The van der Waals surface area contributed by atoms with E-state index in [4.69, 9.17) is 0 Å². The van der Waals surface area contributed by atoms with Crippen molar-refractivity contribution in [3.8, 4) is 5.82 Å². The molecule has 0 saturated carbocycles. The average molecular weight is 433 g/mol. The number of pyridine rings is 1. The minimum absolute atomic E-state index is 0.933. The van der Waals surface area contributed by atoms with Crippen LogP contribution in [0.5, 0.6) is 0 Å². The molecule has 3 aromatic carbocycles. The Hall–Kier alpha value is -3.92. The smallest absolute Gasteiger partial charge is 0.294 e. The molecular formula is C27H20N4S+2. The second-order valence-corrected chi connectivity index (χ2v) is 8.84. The maximum absolute atomic E-state index is 4.60. The van der Waals surface area contributed by atoms with Crippen LogP contribution >= 0.6 is 11.8 Å². The van der Waals surface area contributed by atoms with E-state index in [2.05, 4.69) is 88.4 Å². The molecule has 0 atom stereocenters. The minimum Gasteiger partial charge on any atom is -0.294 e. The van der Waals surface area contributed by atoms with E-state index in [0.29, 0.717) is 0 Å². The van der Waals surface area contributed by atoms with E-state index in [0.717, 1.165) is 17.0 Å². The molecule has 0 bridgehead atoms. The van der Waals surface area contributed by atoms with Crippen molar-refractivity contribution in [2.75, 3.05) is 7.05 Å². The van der Waals surface area contributed by atoms with E-state index in [1.54, 1.807) is 11.8 Å². The first kappa shape index (κ1) is 18.8. The number of aromatic nitrogens is 2. The van der Waals surface area contributed by atoms with Gasteiger partial charge in [0.25, 0.3) is 6.20 Å². The number of hydrogen-bond acceptors (Lipinski definition) is 2. The predicted octanol–water partition coefficient (Wildman–Crippen LogP) is 6.27. The molecular weight excluding hydrogens is 412 g/mol. The van der Waals surface area contributed by atoms with Gasteiger partial charge in [-0.3, -0.25) is 4.57 Å². The van der Waals surface area contributed by atoms with Gasteiger partial charge in [0.05, 0.1) is 11.0 Å². The Labute approximate surface area is 190 Å². The van der Waals surface area contributed by atoms with Crippen LogP contribution in [-0.2, 0) is 0 Å². The van der Waals surface area contributed by atoms with Crippen molar-refractivity contribution in [3.63, 3.8) is 0 Å². The van der Waals surface area contributed by atoms with Crippen LogP contribution in [0.25, 0.3) is 27.6 Å². The minimum atomic E-state index is 0.933. The van der Waals surface area contributed by atoms with Gasteiger partial charge in [-0.15, -0.1) is 0 Å². The van der Waals surface area contributed by atoms with E-state index in [1.165, 1.54) is 26.1 Å². The standard InChI is InChI=1S/C27H20N4S/c1-29-15-16-30(19-29)20-7-6-8-21(17-20)32-22-12-13-26-24(18-22)23-9-2-3-10-25(23)31(26)27-11-4-5-14-28-27/h2-18H,1H3/q+2. The van der Waals surface area contributed by atoms with Gasteiger partial charge < -0.3 is 0 Å². The van der Waals surface area contributed by atoms with Gasteiger partial charge in [-0.05, 0) is 42.5 Å². The van der Waals surface area contributed by atoms with Gasteiger partial charge in [-0.25, -0.2) is 4.98 Å². The van der Waals surface area contributed by atoms with Gasteiger partial charge in [0, 0.05) is 38.9 Å². The number of benzene rings is 3. The lowest BCUT2D eigenvalue weighted by atomic mass is 10.1. The molecule has 4 nitrogen and oxygen atoms in total. The molecule has 32 heavy (non-hydrogen) atoms. The summed E-state index contributed by atoms with van der Waals surface area (Å²) >= 11 is 1.77. The van der Waals surface area contributed by atoms with Crippen LogP contribution in [0, 0.1) is 0 Å². The number of nitrogens with zero attached hydrogens (tertiary/aromatic N) is 4. The summed E-state index contributed by atoms with van der Waals surface area (Å²) in [6, 6.07) is 33.1. The Morgan fingerprint density at radius 3 is 2.47 bits per heavy atom. The van der Waals surface area contributed by atoms with Gasteiger partial charge in [-0.1, -0.05) is 51.2 Å². The third-order valence-corrected chi connectivity index (χ3v) is 6.54. The average Bonchev–Trinajstić information content (AvgIpc) is 3.41. The SMILES string of the molecule is C[N+]1=C=[N+](c2cccc(Sc3ccc4c(c3)c3ccccc3n4-c3ccccn3)c2)C=C1. The molecule has 0 fully saturated rings. The molecule has 0 saturated heterocycles. The zero-order chi connectivity index (χ0) is 21.5. The fraction of sp³-hybridized carbons (Fsp3) is 0.0370. The van der Waals surface area contributed by atoms with Crippen LogP contribution in [0.3, 0.4) is 0 Å². The fourth-order valence-electron chi connectivity index (χ4n) is 4.13. The van der Waals surface area contributed by atoms with E-state index >= 15 is 0 Å². The summed E-state index contributed by atoms with van der Waals surface area (Å²) in [5, 5.41) is 2.47. The maximum Gasteiger partial charge on any atom is 0.495 e. The molecule has 152 valence electrons. The van der Waals surface area contributed by atoms with Gasteiger partial charge >= 0.3 is 6.01 Å². The van der Waals surface area contributed by atoms with Crippen LogP contribution in [0.1, 0.15) is 0 Å². The number of para-hydroxylation sites is 1. The summed E-state index contributed by atoms with van der Waals surface area (Å²) in [7, 11) is 1.98. The van der Waals surface area contributed by atoms with E-state index in [9.17, 15) is 0 Å². The lowest BCUT2D eigenvalue weighted by molar-refractivity contribution is -0.429. The highest BCUT2D eigenvalue weighted by Crippen LogP contribution is 2.36. The molecule has 0 amide bonds. The lowest BCUT2D eigenvalue weighted by Crippen LogP contribution is -1.95. The normalized spacial score (nSPS) is 13.0. The molecule has 0 spiro atoms. The number of rotatable bonds is 4. The van der Waals surface area contributed by atoms with Gasteiger partial charge in [0.1, 0.15) is 5.82 Å². The van der Waals surface area contributed by atoms with Crippen molar-refractivity contribution in [1.82, 2.24) is 9.55 Å². The van der Waals surface area contributed by atoms with E-state index < -0.39 is 0 Å². The van der Waals surface area contributed by atoms with Crippen molar-refractivity contribution >= 4 is 45.3 Å². The molecule has 6 rings (SSSR count). The maximum atomic E-state index is 4.60. The zero-order valence-corrected chi connectivity index (χ0v) is 18.3. The first-order valence-corrected chi connectivity index (χ1v) is 11.3. The second-order valence-electron chi connectivity index (χ2n) is 7.70. The predicted molar refractivity (Wildman–Crippen MR) is 129 cm³/mol. The highest BCUT2D eigenvalue weighted by Gasteiger charge is 2.17. The van der Waals surface area contributed by atoms with Crippen molar-refractivity contribution in [2.24, 2.45) is 0 Å². The van der Waals surface area contributed by atoms with Crippen LogP contribution < -0.4 is 0 Å². The number of fused-ring (bicyclic) bond motifs is 3. The van der Waals surface area contributed by atoms with Crippen LogP contribution in [0.15, 0.2) is 113 Å². The Kier molecular flexibility index (Phi) is 4.50. The third kappa shape index (κ3) is 3.25. The van der Waals surface area contributed by atoms with Gasteiger partial charge in [0.15, 0.2) is 7.05 Å². The summed E-state index contributed by atoms with van der Waals surface area (Å²) < 4.78 is 6.17. The lowest BCUT2D eigenvalue weighted by Gasteiger charge is -2.07. The van der Waals surface area contributed by atoms with Crippen LogP contribution in [0.2, 0.25) is 0 Å². The Bertz CT molecular complexity index is 1590. The molecule has 3 heterocycles. The molecule has 0 radical (unpaired) electrons. The van der Waals surface area contributed by atoms with E-state index in [-0.39, 0.29) is 0 Å². The number of hydrogen-bond donors (Lipinski definition) is 0. The Morgan fingerprint density at radius 2 is 1.62 bits per heavy atom. The summed E-state index contributed by atoms with van der Waals surface area (Å²) in [5.74, 6) is 0.933. The molecule has 0 N–H and O–H groups in total. The highest BCUT2D eigenvalue weighted by atomic mass is 32.2. The zero-order valence-electron chi connectivity index (χ0n) is 17.5. The largest absolute Gasteiger partial charge is 0.495 e. The second kappa shape index (κ2) is 7.65. The quantitative estimate of drug-likeness (QED) is 0.312. The van der Waals surface area contributed by atoms with Crippen molar-refractivity contribution in [1.29, 1.82) is 0 Å². The molecule has 2 aromatic heterocycles. The molecule has 0 unspecified atom stereocenters. The summed E-state index contributed by atoms with van der Waals surface area (Å²) in [5.41, 5.74) is 3.43. The monoisotopic (exact) mass is 432 g/mol. The van der Waals surface area contributed by atoms with Crippen LogP contribution in [0.4, 0.5) is 5.69 Å². The van der Waals surface area contributed by atoms with Gasteiger partial charge in [0.2, 0.25) is 11.9 Å². The van der Waals surface area contributed by atoms with Crippen molar-refractivity contribution in [2.45, 2.75) is 9.79 Å². The van der Waals surface area contributed by atoms with Gasteiger partial charge in [-0.2, -0.15) is 0 Å². The van der Waals surface area contributed by atoms with Crippen molar-refractivity contribution in [3.05, 3.63) is 104 Å². The molecule has 5 heteroatoms. The highest BCUT2D eigenvalue weighted by molar-refractivity contribution is 7.99. The molecule has 1 aliphatic heterocycles. The molecule has 0 aliphatic carbocycles. The van der Waals surface area contributed by atoms with Crippen molar-refractivity contribution < 1.29 is 9.15 Å². The third-order valence-electron chi connectivity index (χ3n) is 5.56. The topological polar surface area (TPSA) is 23.8 Å². The molecule has 1 aliphatic rings. The Morgan fingerprint density at radius 1 is 0.781 bits per heavy atom. The fourth-order valence-corrected chi connectivity index (χ4v) is 5.04. The summed E-state index contributed by atoms with van der Waals surface area (Å²) in [4.78, 5) is 7.01. The first-order valence-electron chi connectivity index (χ1n) is 10.5. The van der Waals surface area contributed by atoms with E-state index in [1.807, 2.05) is 46.9 Å². The Balaban J connectivity index is 1.44. The molecule has 5 aromatic rings. The summed E-state index contributed by atoms with van der Waals surface area (Å²) in [6.07, 6.45) is 5.85. The van der Waals surface area contributed by atoms with Crippen LogP contribution in [-0.4, -0.2) is 31.8 Å². The first-order chi connectivity index (χ1) is 15.8.